The van der Waals surface area contributed by atoms with Crippen LogP contribution in [0, 0.1) is 0 Å². The first kappa shape index (κ1) is 17.7. The Morgan fingerprint density at radius 2 is 2.00 bits per heavy atom. The third-order valence-corrected chi connectivity index (χ3v) is 5.54. The van der Waals surface area contributed by atoms with Gasteiger partial charge in [0.05, 0.1) is 10.9 Å². The Balaban J connectivity index is 2.12. The van der Waals surface area contributed by atoms with Crippen molar-refractivity contribution in [2.45, 2.75) is 23.9 Å². The first-order chi connectivity index (χ1) is 12.0. The van der Waals surface area contributed by atoms with Gasteiger partial charge in [-0.1, -0.05) is 58.0 Å². The van der Waals surface area contributed by atoms with Crippen LogP contribution in [-0.4, -0.2) is 15.5 Å². The summed E-state index contributed by atoms with van der Waals surface area (Å²) in [5.41, 5.74) is 6.84. The van der Waals surface area contributed by atoms with Crippen molar-refractivity contribution < 1.29 is 4.79 Å². The molecular weight excluding hydrogens is 402 g/mol. The summed E-state index contributed by atoms with van der Waals surface area (Å²) >= 11 is 4.58. The van der Waals surface area contributed by atoms with E-state index in [1.54, 1.807) is 16.7 Å². The van der Waals surface area contributed by atoms with Gasteiger partial charge in [0.2, 0.25) is 5.91 Å². The molecule has 128 valence electrons. The van der Waals surface area contributed by atoms with Gasteiger partial charge in [-0.15, -0.1) is 0 Å². The number of fused-ring (bicyclic) bond motifs is 1. The normalized spacial score (nSPS) is 12.2. The van der Waals surface area contributed by atoms with Crippen LogP contribution in [0.1, 0.15) is 17.7 Å². The van der Waals surface area contributed by atoms with E-state index >= 15 is 0 Å². The highest BCUT2D eigenvalue weighted by molar-refractivity contribution is 9.10. The standard InChI is InChI=1S/C18H16BrN3O2S/c1-2-22-17(24)13-10-12(19)8-9-14(13)21-18(22)25-15(16(20)23)11-6-4-3-5-7-11/h3-10,15H,2H2,1H3,(H2,20,23). The number of rotatable bonds is 5. The van der Waals surface area contributed by atoms with Crippen molar-refractivity contribution in [3.8, 4) is 0 Å². The average Bonchev–Trinajstić information content (AvgIpc) is 2.61. The lowest BCUT2D eigenvalue weighted by Crippen LogP contribution is -2.25. The van der Waals surface area contributed by atoms with E-state index in [1.807, 2.05) is 43.3 Å². The molecule has 1 aromatic heterocycles. The quantitative estimate of drug-likeness (QED) is 0.508. The molecule has 25 heavy (non-hydrogen) atoms. The van der Waals surface area contributed by atoms with Crippen LogP contribution >= 0.6 is 27.7 Å². The van der Waals surface area contributed by atoms with Crippen LogP contribution in [0.2, 0.25) is 0 Å². The average molecular weight is 418 g/mol. The summed E-state index contributed by atoms with van der Waals surface area (Å²) in [4.78, 5) is 29.4. The Bertz CT molecular complexity index is 989. The van der Waals surface area contributed by atoms with E-state index in [4.69, 9.17) is 5.73 Å². The van der Waals surface area contributed by atoms with Gasteiger partial charge in [-0.3, -0.25) is 14.2 Å². The number of halogens is 1. The molecule has 5 nitrogen and oxygen atoms in total. The number of thioether (sulfide) groups is 1. The summed E-state index contributed by atoms with van der Waals surface area (Å²) in [5.74, 6) is -0.469. The van der Waals surface area contributed by atoms with Gasteiger partial charge in [0.15, 0.2) is 5.16 Å². The smallest absolute Gasteiger partial charge is 0.262 e. The fourth-order valence-corrected chi connectivity index (χ4v) is 4.04. The van der Waals surface area contributed by atoms with Crippen molar-refractivity contribution in [2.75, 3.05) is 0 Å². The van der Waals surface area contributed by atoms with Crippen LogP contribution in [-0.2, 0) is 11.3 Å². The van der Waals surface area contributed by atoms with Crippen molar-refractivity contribution in [1.29, 1.82) is 0 Å². The first-order valence-electron chi connectivity index (χ1n) is 7.72. The molecule has 0 saturated heterocycles. The molecule has 7 heteroatoms. The van der Waals surface area contributed by atoms with E-state index in [0.717, 1.165) is 10.0 Å². The minimum atomic E-state index is -0.612. The fraction of sp³-hybridized carbons (Fsp3) is 0.167. The Labute approximate surface area is 157 Å². The van der Waals surface area contributed by atoms with Crippen LogP contribution in [0.3, 0.4) is 0 Å². The van der Waals surface area contributed by atoms with Crippen molar-refractivity contribution in [1.82, 2.24) is 9.55 Å². The Hall–Kier alpha value is -2.12. The lowest BCUT2D eigenvalue weighted by molar-refractivity contribution is -0.117. The number of nitrogens with two attached hydrogens (primary N) is 1. The monoisotopic (exact) mass is 417 g/mol. The maximum absolute atomic E-state index is 12.8. The molecule has 3 aromatic rings. The molecule has 0 spiro atoms. The molecule has 1 amide bonds. The molecule has 0 saturated carbocycles. The van der Waals surface area contributed by atoms with E-state index in [0.29, 0.717) is 22.6 Å². The zero-order valence-electron chi connectivity index (χ0n) is 13.5. The van der Waals surface area contributed by atoms with Gasteiger partial charge >= 0.3 is 0 Å². The molecule has 2 aromatic carbocycles. The van der Waals surface area contributed by atoms with E-state index in [-0.39, 0.29) is 5.56 Å². The van der Waals surface area contributed by atoms with Crippen LogP contribution in [0.4, 0.5) is 0 Å². The number of amides is 1. The minimum Gasteiger partial charge on any atom is -0.368 e. The molecule has 2 N–H and O–H groups in total. The SMILES string of the molecule is CCn1c(SC(C(N)=O)c2ccccc2)nc2ccc(Br)cc2c1=O. The number of benzene rings is 2. The van der Waals surface area contributed by atoms with E-state index in [1.165, 1.54) is 11.8 Å². The van der Waals surface area contributed by atoms with Crippen molar-refractivity contribution in [2.24, 2.45) is 5.73 Å². The third kappa shape index (κ3) is 3.62. The molecule has 0 aliphatic heterocycles. The molecule has 0 fully saturated rings. The van der Waals surface area contributed by atoms with Crippen molar-refractivity contribution >= 4 is 44.5 Å². The molecule has 0 bridgehead atoms. The molecule has 1 heterocycles. The number of hydrogen-bond acceptors (Lipinski definition) is 4. The van der Waals surface area contributed by atoms with E-state index < -0.39 is 11.2 Å². The number of hydrogen-bond donors (Lipinski definition) is 1. The zero-order chi connectivity index (χ0) is 18.0. The molecule has 1 atom stereocenters. The van der Waals surface area contributed by atoms with Crippen LogP contribution < -0.4 is 11.3 Å². The highest BCUT2D eigenvalue weighted by Gasteiger charge is 2.22. The van der Waals surface area contributed by atoms with Gasteiger partial charge in [-0.2, -0.15) is 0 Å². The van der Waals surface area contributed by atoms with E-state index in [9.17, 15) is 9.59 Å². The summed E-state index contributed by atoms with van der Waals surface area (Å²) in [6.07, 6.45) is 0. The lowest BCUT2D eigenvalue weighted by Gasteiger charge is -2.16. The topological polar surface area (TPSA) is 78.0 Å². The lowest BCUT2D eigenvalue weighted by atomic mass is 10.1. The van der Waals surface area contributed by atoms with Crippen LogP contribution in [0.5, 0.6) is 0 Å². The predicted molar refractivity (Wildman–Crippen MR) is 104 cm³/mol. The number of aromatic nitrogens is 2. The third-order valence-electron chi connectivity index (χ3n) is 3.78. The maximum Gasteiger partial charge on any atom is 0.262 e. The number of primary amides is 1. The van der Waals surface area contributed by atoms with Gasteiger partial charge in [0.25, 0.3) is 5.56 Å². The molecule has 0 aliphatic rings. The summed E-state index contributed by atoms with van der Waals surface area (Å²) in [5, 5.41) is 0.407. The second kappa shape index (κ2) is 7.41. The molecular formula is C18H16BrN3O2S. The second-order valence-electron chi connectivity index (χ2n) is 5.42. The van der Waals surface area contributed by atoms with Crippen molar-refractivity contribution in [3.05, 3.63) is 68.9 Å². The maximum atomic E-state index is 12.8. The van der Waals surface area contributed by atoms with Crippen molar-refractivity contribution in [3.63, 3.8) is 0 Å². The zero-order valence-corrected chi connectivity index (χ0v) is 15.9. The summed E-state index contributed by atoms with van der Waals surface area (Å²) in [6.45, 7) is 2.33. The summed E-state index contributed by atoms with van der Waals surface area (Å²) < 4.78 is 2.39. The van der Waals surface area contributed by atoms with Gasteiger partial charge < -0.3 is 5.73 Å². The number of carbonyl (C=O) groups excluding carboxylic acids is 1. The first-order valence-corrected chi connectivity index (χ1v) is 9.39. The summed E-state index contributed by atoms with van der Waals surface area (Å²) in [7, 11) is 0. The Kier molecular flexibility index (Phi) is 5.24. The van der Waals surface area contributed by atoms with Gasteiger partial charge in [-0.25, -0.2) is 4.98 Å². The van der Waals surface area contributed by atoms with Gasteiger partial charge in [0.1, 0.15) is 5.25 Å². The highest BCUT2D eigenvalue weighted by Crippen LogP contribution is 2.34. The predicted octanol–water partition coefficient (Wildman–Crippen LogP) is 3.50. The Morgan fingerprint density at radius 3 is 2.64 bits per heavy atom. The van der Waals surface area contributed by atoms with Gasteiger partial charge in [0, 0.05) is 11.0 Å². The van der Waals surface area contributed by atoms with Crippen LogP contribution in [0.15, 0.2) is 63.0 Å². The fourth-order valence-electron chi connectivity index (χ4n) is 2.57. The second-order valence-corrected chi connectivity index (χ2v) is 7.40. The largest absolute Gasteiger partial charge is 0.368 e. The minimum absolute atomic E-state index is 0.132. The molecule has 0 aliphatic carbocycles. The molecule has 3 rings (SSSR count). The Morgan fingerprint density at radius 1 is 1.28 bits per heavy atom. The van der Waals surface area contributed by atoms with E-state index in [2.05, 4.69) is 20.9 Å². The van der Waals surface area contributed by atoms with Crippen LogP contribution in [0.25, 0.3) is 10.9 Å². The summed E-state index contributed by atoms with van der Waals surface area (Å²) in [6, 6.07) is 14.6. The number of nitrogens with zero attached hydrogens (tertiary/aromatic N) is 2. The van der Waals surface area contributed by atoms with Gasteiger partial charge in [-0.05, 0) is 30.7 Å². The molecule has 0 radical (unpaired) electrons. The molecule has 1 unspecified atom stereocenters. The number of carbonyl (C=O) groups is 1. The highest BCUT2D eigenvalue weighted by atomic mass is 79.9.